The summed E-state index contributed by atoms with van der Waals surface area (Å²) in [4.78, 5) is 22.1. The van der Waals surface area contributed by atoms with Crippen LogP contribution in [0.2, 0.25) is 0 Å². The summed E-state index contributed by atoms with van der Waals surface area (Å²) in [7, 11) is 0. The highest BCUT2D eigenvalue weighted by Gasteiger charge is 2.21. The Morgan fingerprint density at radius 1 is 1.40 bits per heavy atom. The van der Waals surface area contributed by atoms with Gasteiger partial charge in [0.1, 0.15) is 18.6 Å². The fourth-order valence-electron chi connectivity index (χ4n) is 1.94. The number of carbonyl (C=O) groups excluding carboxylic acids is 1. The number of carbonyl (C=O) groups is 2. The molecule has 110 valence electrons. The summed E-state index contributed by atoms with van der Waals surface area (Å²) in [5.74, 6) is -1.27. The lowest BCUT2D eigenvalue weighted by Gasteiger charge is -2.23. The lowest BCUT2D eigenvalue weighted by atomic mass is 9.96. The Kier molecular flexibility index (Phi) is 6.90. The molecule has 1 rings (SSSR count). The zero-order valence-electron chi connectivity index (χ0n) is 11.8. The number of nitrogens with one attached hydrogen (secondary N) is 1. The SMILES string of the molecule is CCOC(CC(C=O)c1ccccc1)N[C@@H](C)C(=O)O. The predicted octanol–water partition coefficient (Wildman–Crippen LogP) is 1.78. The second kappa shape index (κ2) is 8.45. The van der Waals surface area contributed by atoms with Crippen LogP contribution in [0.1, 0.15) is 31.7 Å². The van der Waals surface area contributed by atoms with E-state index in [4.69, 9.17) is 9.84 Å². The van der Waals surface area contributed by atoms with Crippen molar-refractivity contribution in [3.8, 4) is 0 Å². The van der Waals surface area contributed by atoms with E-state index in [1.54, 1.807) is 6.92 Å². The molecule has 0 saturated carbocycles. The molecule has 0 aromatic heterocycles. The van der Waals surface area contributed by atoms with E-state index in [0.29, 0.717) is 13.0 Å². The van der Waals surface area contributed by atoms with Crippen molar-refractivity contribution in [2.24, 2.45) is 0 Å². The first-order valence-electron chi connectivity index (χ1n) is 6.69. The zero-order chi connectivity index (χ0) is 15.0. The Bertz CT molecular complexity index is 421. The van der Waals surface area contributed by atoms with Crippen LogP contribution < -0.4 is 5.32 Å². The van der Waals surface area contributed by atoms with Crippen molar-refractivity contribution in [1.29, 1.82) is 0 Å². The molecule has 3 atom stereocenters. The van der Waals surface area contributed by atoms with Gasteiger partial charge in [-0.3, -0.25) is 10.1 Å². The summed E-state index contributed by atoms with van der Waals surface area (Å²) in [6.45, 7) is 3.83. The van der Waals surface area contributed by atoms with Gasteiger partial charge in [-0.05, 0) is 19.4 Å². The lowest BCUT2D eigenvalue weighted by molar-refractivity contribution is -0.140. The molecule has 0 aliphatic carbocycles. The monoisotopic (exact) mass is 279 g/mol. The van der Waals surface area contributed by atoms with Crippen molar-refractivity contribution >= 4 is 12.3 Å². The number of carboxylic acids is 1. The highest BCUT2D eigenvalue weighted by Crippen LogP contribution is 2.19. The summed E-state index contributed by atoms with van der Waals surface area (Å²) < 4.78 is 5.48. The third kappa shape index (κ3) is 5.11. The molecular formula is C15H21NO4. The molecule has 0 fully saturated rings. The third-order valence-corrected chi connectivity index (χ3v) is 3.03. The van der Waals surface area contributed by atoms with Gasteiger partial charge < -0.3 is 14.6 Å². The van der Waals surface area contributed by atoms with Gasteiger partial charge in [0.15, 0.2) is 0 Å². The molecule has 0 saturated heterocycles. The molecule has 5 heteroatoms. The first-order valence-corrected chi connectivity index (χ1v) is 6.69. The molecule has 0 radical (unpaired) electrons. The maximum Gasteiger partial charge on any atom is 0.320 e. The zero-order valence-corrected chi connectivity index (χ0v) is 11.8. The van der Waals surface area contributed by atoms with E-state index in [-0.39, 0.29) is 5.92 Å². The molecule has 2 N–H and O–H groups in total. The van der Waals surface area contributed by atoms with Gasteiger partial charge in [-0.25, -0.2) is 0 Å². The van der Waals surface area contributed by atoms with Crippen LogP contribution in [0.15, 0.2) is 30.3 Å². The normalized spacial score (nSPS) is 15.3. The number of rotatable bonds is 9. The Morgan fingerprint density at radius 2 is 2.05 bits per heavy atom. The smallest absolute Gasteiger partial charge is 0.320 e. The van der Waals surface area contributed by atoms with E-state index in [2.05, 4.69) is 5.32 Å². The van der Waals surface area contributed by atoms with Gasteiger partial charge in [0.2, 0.25) is 0 Å². The van der Waals surface area contributed by atoms with Crippen molar-refractivity contribution in [1.82, 2.24) is 5.32 Å². The average Bonchev–Trinajstić information content (AvgIpc) is 2.45. The second-order valence-corrected chi connectivity index (χ2v) is 4.56. The van der Waals surface area contributed by atoms with Crippen molar-refractivity contribution in [2.75, 3.05) is 6.61 Å². The van der Waals surface area contributed by atoms with Gasteiger partial charge in [-0.15, -0.1) is 0 Å². The van der Waals surface area contributed by atoms with Gasteiger partial charge in [-0.2, -0.15) is 0 Å². The van der Waals surface area contributed by atoms with Crippen LogP contribution in [0.5, 0.6) is 0 Å². The van der Waals surface area contributed by atoms with Gasteiger partial charge in [0.05, 0.1) is 0 Å². The van der Waals surface area contributed by atoms with Crippen molar-refractivity contribution in [3.63, 3.8) is 0 Å². The molecule has 2 unspecified atom stereocenters. The van der Waals surface area contributed by atoms with Gasteiger partial charge in [0.25, 0.3) is 0 Å². The van der Waals surface area contributed by atoms with Gasteiger partial charge in [-0.1, -0.05) is 30.3 Å². The minimum atomic E-state index is -0.947. The lowest BCUT2D eigenvalue weighted by Crippen LogP contribution is -2.43. The summed E-state index contributed by atoms with van der Waals surface area (Å²) in [6, 6.07) is 8.65. The molecule has 1 aromatic carbocycles. The molecule has 0 bridgehead atoms. The topological polar surface area (TPSA) is 75.6 Å². The number of aliphatic carboxylic acids is 1. The largest absolute Gasteiger partial charge is 0.480 e. The maximum atomic E-state index is 11.3. The molecule has 0 aliphatic heterocycles. The number of benzene rings is 1. The molecule has 5 nitrogen and oxygen atoms in total. The molecule has 0 amide bonds. The van der Waals surface area contributed by atoms with Crippen LogP contribution >= 0.6 is 0 Å². The van der Waals surface area contributed by atoms with Gasteiger partial charge in [0, 0.05) is 18.9 Å². The molecular weight excluding hydrogens is 258 g/mol. The average molecular weight is 279 g/mol. The number of ether oxygens (including phenoxy) is 1. The number of hydrogen-bond donors (Lipinski definition) is 2. The third-order valence-electron chi connectivity index (χ3n) is 3.03. The van der Waals surface area contributed by atoms with E-state index in [1.165, 1.54) is 0 Å². The first kappa shape index (κ1) is 16.3. The standard InChI is InChI=1S/C15H21NO4/c1-3-20-14(16-11(2)15(18)19)9-13(10-17)12-7-5-4-6-8-12/h4-8,10-11,13-14,16H,3,9H2,1-2H3,(H,18,19)/t11-,13?,14?/m0/s1. The summed E-state index contributed by atoms with van der Waals surface area (Å²) >= 11 is 0. The van der Waals surface area contributed by atoms with Crippen LogP contribution in [0.3, 0.4) is 0 Å². The van der Waals surface area contributed by atoms with Crippen LogP contribution in [-0.2, 0) is 14.3 Å². The Labute approximate surface area is 118 Å². The van der Waals surface area contributed by atoms with E-state index in [1.807, 2.05) is 37.3 Å². The van der Waals surface area contributed by atoms with E-state index >= 15 is 0 Å². The number of hydrogen-bond acceptors (Lipinski definition) is 4. The molecule has 0 aliphatic rings. The quantitative estimate of drug-likeness (QED) is 0.532. The fraction of sp³-hybridized carbons (Fsp3) is 0.467. The summed E-state index contributed by atoms with van der Waals surface area (Å²) in [6.07, 6.45) is 0.800. The van der Waals surface area contributed by atoms with Gasteiger partial charge >= 0.3 is 5.97 Å². The summed E-state index contributed by atoms with van der Waals surface area (Å²) in [5, 5.41) is 11.8. The van der Waals surface area contributed by atoms with E-state index in [0.717, 1.165) is 11.8 Å². The Morgan fingerprint density at radius 3 is 2.55 bits per heavy atom. The highest BCUT2D eigenvalue weighted by atomic mass is 16.5. The first-order chi connectivity index (χ1) is 9.58. The highest BCUT2D eigenvalue weighted by molar-refractivity contribution is 5.72. The summed E-state index contributed by atoms with van der Waals surface area (Å²) in [5.41, 5.74) is 0.900. The van der Waals surface area contributed by atoms with E-state index < -0.39 is 18.2 Å². The van der Waals surface area contributed by atoms with Crippen LogP contribution in [0, 0.1) is 0 Å². The van der Waals surface area contributed by atoms with Crippen molar-refractivity contribution < 1.29 is 19.4 Å². The van der Waals surface area contributed by atoms with Crippen molar-refractivity contribution in [2.45, 2.75) is 38.5 Å². The minimum absolute atomic E-state index is 0.318. The second-order valence-electron chi connectivity index (χ2n) is 4.56. The number of aldehydes is 1. The van der Waals surface area contributed by atoms with Crippen LogP contribution in [-0.4, -0.2) is 36.2 Å². The predicted molar refractivity (Wildman–Crippen MR) is 75.5 cm³/mol. The minimum Gasteiger partial charge on any atom is -0.480 e. The fourth-order valence-corrected chi connectivity index (χ4v) is 1.94. The molecule has 20 heavy (non-hydrogen) atoms. The molecule has 0 heterocycles. The van der Waals surface area contributed by atoms with Crippen LogP contribution in [0.4, 0.5) is 0 Å². The van der Waals surface area contributed by atoms with Crippen molar-refractivity contribution in [3.05, 3.63) is 35.9 Å². The molecule has 1 aromatic rings. The van der Waals surface area contributed by atoms with E-state index in [9.17, 15) is 9.59 Å². The Hall–Kier alpha value is -1.72. The maximum absolute atomic E-state index is 11.3. The van der Waals surface area contributed by atoms with Crippen LogP contribution in [0.25, 0.3) is 0 Å². The Balaban J connectivity index is 2.72. The molecule has 0 spiro atoms. The number of carboxylic acid groups (broad SMARTS) is 1.